The summed E-state index contributed by atoms with van der Waals surface area (Å²) in [5, 5.41) is 0. The minimum atomic E-state index is -3.75. The second-order valence-electron chi connectivity index (χ2n) is 8.15. The number of amides is 1. The summed E-state index contributed by atoms with van der Waals surface area (Å²) in [4.78, 5) is 18.4. The number of likely N-dealkylation sites (N-methyl/N-ethyl adjacent to an activating group) is 1. The van der Waals surface area contributed by atoms with E-state index in [9.17, 15) is 13.2 Å². The van der Waals surface area contributed by atoms with E-state index >= 15 is 0 Å². The number of fused-ring (bicyclic) bond motifs is 1. The summed E-state index contributed by atoms with van der Waals surface area (Å²) in [5.41, 5.74) is 3.16. The Morgan fingerprint density at radius 3 is 2.43 bits per heavy atom. The monoisotopic (exact) mass is 428 g/mol. The van der Waals surface area contributed by atoms with Gasteiger partial charge in [0.25, 0.3) is 10.0 Å². The van der Waals surface area contributed by atoms with Crippen LogP contribution in [-0.4, -0.2) is 58.5 Å². The molecule has 2 aromatic carbocycles. The van der Waals surface area contributed by atoms with Crippen molar-refractivity contribution in [2.24, 2.45) is 0 Å². The van der Waals surface area contributed by atoms with Crippen LogP contribution in [0.2, 0.25) is 0 Å². The van der Waals surface area contributed by atoms with Gasteiger partial charge in [0, 0.05) is 44.8 Å². The third-order valence-electron chi connectivity index (χ3n) is 5.91. The number of nitrogens with one attached hydrogen (secondary N) is 1. The summed E-state index contributed by atoms with van der Waals surface area (Å²) in [6.07, 6.45) is 0.649. The van der Waals surface area contributed by atoms with Crippen LogP contribution in [0.15, 0.2) is 47.4 Å². The van der Waals surface area contributed by atoms with Crippen LogP contribution in [-0.2, 0) is 21.2 Å². The van der Waals surface area contributed by atoms with Crippen LogP contribution in [0.25, 0.3) is 0 Å². The number of carbonyl (C=O) groups is 1. The molecule has 7 nitrogen and oxygen atoms in total. The number of para-hydroxylation sites is 2. The summed E-state index contributed by atoms with van der Waals surface area (Å²) >= 11 is 0. The quantitative estimate of drug-likeness (QED) is 0.810. The Hall–Kier alpha value is -2.58. The highest BCUT2D eigenvalue weighted by Gasteiger charge is 2.30. The molecule has 1 fully saturated rings. The lowest BCUT2D eigenvalue weighted by molar-refractivity contribution is -0.116. The molecule has 1 unspecified atom stereocenters. The average Bonchev–Trinajstić information content (AvgIpc) is 3.04. The van der Waals surface area contributed by atoms with Crippen molar-refractivity contribution in [2.75, 3.05) is 47.7 Å². The fourth-order valence-corrected chi connectivity index (χ4v) is 5.47. The van der Waals surface area contributed by atoms with Gasteiger partial charge in [0.2, 0.25) is 5.91 Å². The van der Waals surface area contributed by atoms with Crippen molar-refractivity contribution in [1.82, 2.24) is 4.90 Å². The lowest BCUT2D eigenvalue weighted by atomic mass is 10.1. The first-order valence-corrected chi connectivity index (χ1v) is 11.7. The predicted molar refractivity (Wildman–Crippen MR) is 120 cm³/mol. The van der Waals surface area contributed by atoms with E-state index in [2.05, 4.69) is 21.6 Å². The number of carbonyl (C=O) groups excluding carboxylic acids is 1. The van der Waals surface area contributed by atoms with Crippen LogP contribution < -0.4 is 14.5 Å². The van der Waals surface area contributed by atoms with Gasteiger partial charge in [0.15, 0.2) is 0 Å². The summed E-state index contributed by atoms with van der Waals surface area (Å²) in [5.74, 6) is -0.0314. The minimum absolute atomic E-state index is 0.0290. The number of hydrogen-bond acceptors (Lipinski definition) is 5. The zero-order valence-electron chi connectivity index (χ0n) is 17.6. The Labute approximate surface area is 178 Å². The molecule has 1 amide bonds. The van der Waals surface area contributed by atoms with E-state index in [-0.39, 0.29) is 16.8 Å². The summed E-state index contributed by atoms with van der Waals surface area (Å²) in [6, 6.07) is 12.6. The largest absolute Gasteiger partial charge is 0.367 e. The topological polar surface area (TPSA) is 73.0 Å². The molecule has 0 aromatic heterocycles. The van der Waals surface area contributed by atoms with Gasteiger partial charge < -0.3 is 14.7 Å². The van der Waals surface area contributed by atoms with Crippen molar-refractivity contribution in [3.05, 3.63) is 48.0 Å². The molecule has 1 saturated heterocycles. The van der Waals surface area contributed by atoms with E-state index in [0.29, 0.717) is 12.1 Å². The molecular formula is C22H28N4O3S. The molecule has 160 valence electrons. The van der Waals surface area contributed by atoms with Gasteiger partial charge in [-0.2, -0.15) is 0 Å². The molecule has 2 aliphatic rings. The third-order valence-corrected chi connectivity index (χ3v) is 7.27. The lowest BCUT2D eigenvalue weighted by Gasteiger charge is -2.35. The Kier molecular flexibility index (Phi) is 5.46. The van der Waals surface area contributed by atoms with Crippen LogP contribution in [0.4, 0.5) is 17.1 Å². The SMILES string of the molecule is CC(=O)N1c2ccc(S(=O)(=O)Nc3ccccc3N3CCN(C)CC3)cc2CC1C. The molecule has 1 N–H and O–H groups in total. The molecule has 2 heterocycles. The highest BCUT2D eigenvalue weighted by molar-refractivity contribution is 7.92. The van der Waals surface area contributed by atoms with Crippen molar-refractivity contribution in [3.8, 4) is 0 Å². The van der Waals surface area contributed by atoms with Crippen molar-refractivity contribution < 1.29 is 13.2 Å². The van der Waals surface area contributed by atoms with Gasteiger partial charge in [0.05, 0.1) is 16.3 Å². The van der Waals surface area contributed by atoms with E-state index in [4.69, 9.17) is 0 Å². The van der Waals surface area contributed by atoms with E-state index in [0.717, 1.165) is 43.1 Å². The Balaban J connectivity index is 1.61. The maximum absolute atomic E-state index is 13.2. The van der Waals surface area contributed by atoms with Crippen molar-refractivity contribution >= 4 is 33.0 Å². The van der Waals surface area contributed by atoms with Gasteiger partial charge in [0.1, 0.15) is 0 Å². The number of rotatable bonds is 4. The molecule has 0 aliphatic carbocycles. The van der Waals surface area contributed by atoms with E-state index in [1.807, 2.05) is 25.1 Å². The second kappa shape index (κ2) is 7.92. The highest BCUT2D eigenvalue weighted by atomic mass is 32.2. The zero-order chi connectivity index (χ0) is 21.5. The summed E-state index contributed by atoms with van der Waals surface area (Å²) < 4.78 is 29.1. The van der Waals surface area contributed by atoms with Crippen LogP contribution in [0.3, 0.4) is 0 Å². The Morgan fingerprint density at radius 2 is 1.73 bits per heavy atom. The minimum Gasteiger partial charge on any atom is -0.367 e. The maximum Gasteiger partial charge on any atom is 0.261 e. The van der Waals surface area contributed by atoms with Gasteiger partial charge in [-0.15, -0.1) is 0 Å². The molecular weight excluding hydrogens is 400 g/mol. The number of sulfonamides is 1. The lowest BCUT2D eigenvalue weighted by Crippen LogP contribution is -2.44. The van der Waals surface area contributed by atoms with Gasteiger partial charge in [-0.25, -0.2) is 8.42 Å². The number of anilines is 3. The van der Waals surface area contributed by atoms with Gasteiger partial charge in [-0.05, 0) is 56.3 Å². The van der Waals surface area contributed by atoms with E-state index < -0.39 is 10.0 Å². The molecule has 0 saturated carbocycles. The molecule has 30 heavy (non-hydrogen) atoms. The average molecular weight is 429 g/mol. The molecule has 0 spiro atoms. The summed E-state index contributed by atoms with van der Waals surface area (Å²) in [6.45, 7) is 7.10. The molecule has 0 radical (unpaired) electrons. The van der Waals surface area contributed by atoms with Crippen molar-refractivity contribution in [3.63, 3.8) is 0 Å². The smallest absolute Gasteiger partial charge is 0.261 e. The fraction of sp³-hybridized carbons (Fsp3) is 0.409. The van der Waals surface area contributed by atoms with E-state index in [1.165, 1.54) is 6.92 Å². The first kappa shape index (κ1) is 20.7. The second-order valence-corrected chi connectivity index (χ2v) is 9.83. The normalized spacial score (nSPS) is 19.6. The van der Waals surface area contributed by atoms with Crippen LogP contribution >= 0.6 is 0 Å². The van der Waals surface area contributed by atoms with Crippen molar-refractivity contribution in [2.45, 2.75) is 31.2 Å². The van der Waals surface area contributed by atoms with Gasteiger partial charge >= 0.3 is 0 Å². The molecule has 8 heteroatoms. The van der Waals surface area contributed by atoms with E-state index in [1.54, 1.807) is 29.2 Å². The molecule has 1 atom stereocenters. The fourth-order valence-electron chi connectivity index (χ4n) is 4.34. The molecule has 2 aromatic rings. The predicted octanol–water partition coefficient (Wildman–Crippen LogP) is 2.54. The number of benzene rings is 2. The molecule has 4 rings (SSSR count). The Morgan fingerprint density at radius 1 is 1.03 bits per heavy atom. The van der Waals surface area contributed by atoms with Crippen LogP contribution in [0.1, 0.15) is 19.4 Å². The number of nitrogens with zero attached hydrogens (tertiary/aromatic N) is 3. The van der Waals surface area contributed by atoms with Crippen molar-refractivity contribution in [1.29, 1.82) is 0 Å². The summed E-state index contributed by atoms with van der Waals surface area (Å²) in [7, 11) is -1.66. The standard InChI is InChI=1S/C22H28N4O3S/c1-16-14-18-15-19(8-9-21(18)26(16)17(2)27)30(28,29)23-20-6-4-5-7-22(20)25-12-10-24(3)11-13-25/h4-9,15-16,23H,10-14H2,1-3H3. The highest BCUT2D eigenvalue weighted by Crippen LogP contribution is 2.35. The van der Waals surface area contributed by atoms with Gasteiger partial charge in [-0.3, -0.25) is 9.52 Å². The molecule has 2 aliphatic heterocycles. The first-order chi connectivity index (χ1) is 14.3. The Bertz CT molecular complexity index is 1060. The zero-order valence-corrected chi connectivity index (χ0v) is 18.4. The first-order valence-electron chi connectivity index (χ1n) is 10.2. The maximum atomic E-state index is 13.2. The third kappa shape index (κ3) is 3.89. The van der Waals surface area contributed by atoms with Crippen LogP contribution in [0, 0.1) is 0 Å². The number of hydrogen-bond donors (Lipinski definition) is 1. The van der Waals surface area contributed by atoms with Crippen LogP contribution in [0.5, 0.6) is 0 Å². The van der Waals surface area contributed by atoms with Gasteiger partial charge in [-0.1, -0.05) is 12.1 Å². The number of piperazine rings is 1. The molecule has 0 bridgehead atoms.